The molecule has 17 heavy (non-hydrogen) atoms. The number of hydrogen-bond acceptors (Lipinski definition) is 3. The third kappa shape index (κ3) is 3.67. The lowest BCUT2D eigenvalue weighted by atomic mass is 9.98. The summed E-state index contributed by atoms with van der Waals surface area (Å²) in [7, 11) is 3.86. The van der Waals surface area contributed by atoms with Crippen LogP contribution in [-0.4, -0.2) is 49.8 Å². The fourth-order valence-electron chi connectivity index (χ4n) is 2.48. The molecule has 3 nitrogen and oxygen atoms in total. The predicted molar refractivity (Wildman–Crippen MR) is 71.3 cm³/mol. The molecule has 1 atom stereocenters. The molecule has 1 N–H and O–H groups in total. The van der Waals surface area contributed by atoms with Gasteiger partial charge in [-0.1, -0.05) is 0 Å². The summed E-state index contributed by atoms with van der Waals surface area (Å²) in [4.78, 5) is 2.69. The number of rotatable bonds is 8. The summed E-state index contributed by atoms with van der Waals surface area (Å²) in [6, 6.07) is 1.27. The molecule has 0 aromatic rings. The molecule has 0 aromatic carbocycles. The van der Waals surface area contributed by atoms with E-state index in [1.807, 2.05) is 14.2 Å². The van der Waals surface area contributed by atoms with Crippen LogP contribution in [0.5, 0.6) is 0 Å². The highest BCUT2D eigenvalue weighted by Crippen LogP contribution is 2.35. The minimum Gasteiger partial charge on any atom is -0.377 e. The van der Waals surface area contributed by atoms with E-state index in [9.17, 15) is 0 Å². The Bertz CT molecular complexity index is 247. The van der Waals surface area contributed by atoms with Gasteiger partial charge in [-0.2, -0.15) is 0 Å². The van der Waals surface area contributed by atoms with Gasteiger partial charge in [0.2, 0.25) is 0 Å². The van der Waals surface area contributed by atoms with Gasteiger partial charge in [-0.05, 0) is 52.5 Å². The van der Waals surface area contributed by atoms with E-state index >= 15 is 0 Å². The standard InChI is InChI=1S/C14H28N2O/c1-14(2,17-4)13(15-3)10-16(12-7-8-12)9-11-5-6-11/h11-13,15H,5-10H2,1-4H3. The summed E-state index contributed by atoms with van der Waals surface area (Å²) in [6.45, 7) is 6.79. The van der Waals surface area contributed by atoms with E-state index in [1.165, 1.54) is 32.2 Å². The van der Waals surface area contributed by atoms with Crippen molar-refractivity contribution in [3.8, 4) is 0 Å². The maximum atomic E-state index is 5.62. The van der Waals surface area contributed by atoms with Crippen molar-refractivity contribution in [3.05, 3.63) is 0 Å². The molecule has 1 unspecified atom stereocenters. The van der Waals surface area contributed by atoms with Gasteiger partial charge in [0, 0.05) is 32.3 Å². The Morgan fingerprint density at radius 2 is 1.94 bits per heavy atom. The van der Waals surface area contributed by atoms with Crippen molar-refractivity contribution in [1.82, 2.24) is 10.2 Å². The molecule has 0 amide bonds. The molecule has 0 saturated heterocycles. The molecular weight excluding hydrogens is 212 g/mol. The summed E-state index contributed by atoms with van der Waals surface area (Å²) >= 11 is 0. The molecule has 0 heterocycles. The van der Waals surface area contributed by atoms with E-state index in [2.05, 4.69) is 24.1 Å². The fraction of sp³-hybridized carbons (Fsp3) is 1.00. The second-order valence-corrected chi connectivity index (χ2v) is 6.28. The first-order chi connectivity index (χ1) is 8.06. The van der Waals surface area contributed by atoms with Crippen LogP contribution in [0.25, 0.3) is 0 Å². The van der Waals surface area contributed by atoms with E-state index in [0.29, 0.717) is 6.04 Å². The average molecular weight is 240 g/mol. The van der Waals surface area contributed by atoms with Gasteiger partial charge in [0.15, 0.2) is 0 Å². The Balaban J connectivity index is 1.89. The quantitative estimate of drug-likeness (QED) is 0.701. The zero-order valence-electron chi connectivity index (χ0n) is 11.8. The van der Waals surface area contributed by atoms with Gasteiger partial charge < -0.3 is 10.1 Å². The van der Waals surface area contributed by atoms with Crippen LogP contribution in [0, 0.1) is 5.92 Å². The summed E-state index contributed by atoms with van der Waals surface area (Å²) in [5.74, 6) is 0.985. The second kappa shape index (κ2) is 5.25. The largest absolute Gasteiger partial charge is 0.377 e. The third-order valence-corrected chi connectivity index (χ3v) is 4.38. The highest BCUT2D eigenvalue weighted by Gasteiger charge is 2.37. The summed E-state index contributed by atoms with van der Waals surface area (Å²) in [5, 5.41) is 3.43. The summed E-state index contributed by atoms with van der Waals surface area (Å²) in [5.41, 5.74) is -0.0918. The minimum absolute atomic E-state index is 0.0918. The van der Waals surface area contributed by atoms with Crippen LogP contribution in [0.3, 0.4) is 0 Å². The number of likely N-dealkylation sites (N-methyl/N-ethyl adjacent to an activating group) is 1. The van der Waals surface area contributed by atoms with E-state index in [4.69, 9.17) is 4.74 Å². The Labute approximate surface area is 106 Å². The van der Waals surface area contributed by atoms with Crippen molar-refractivity contribution in [3.63, 3.8) is 0 Å². The van der Waals surface area contributed by atoms with Crippen LogP contribution in [0.2, 0.25) is 0 Å². The summed E-state index contributed by atoms with van der Waals surface area (Å²) < 4.78 is 5.62. The highest BCUT2D eigenvalue weighted by molar-refractivity contribution is 4.94. The van der Waals surface area contributed by atoms with Crippen LogP contribution in [-0.2, 0) is 4.74 Å². The van der Waals surface area contributed by atoms with Crippen LogP contribution in [0.4, 0.5) is 0 Å². The molecule has 2 fully saturated rings. The monoisotopic (exact) mass is 240 g/mol. The minimum atomic E-state index is -0.0918. The topological polar surface area (TPSA) is 24.5 Å². The maximum absolute atomic E-state index is 5.62. The molecule has 2 rings (SSSR count). The van der Waals surface area contributed by atoms with E-state index < -0.39 is 0 Å². The maximum Gasteiger partial charge on any atom is 0.0787 e. The molecule has 2 saturated carbocycles. The first-order valence-electron chi connectivity index (χ1n) is 7.03. The highest BCUT2D eigenvalue weighted by atomic mass is 16.5. The first kappa shape index (κ1) is 13.3. The molecule has 2 aliphatic carbocycles. The van der Waals surface area contributed by atoms with Gasteiger partial charge in [0.1, 0.15) is 0 Å². The molecule has 100 valence electrons. The van der Waals surface area contributed by atoms with E-state index in [1.54, 1.807) is 0 Å². The van der Waals surface area contributed by atoms with Crippen molar-refractivity contribution in [2.75, 3.05) is 27.2 Å². The molecule has 3 heteroatoms. The van der Waals surface area contributed by atoms with Crippen LogP contribution in [0.1, 0.15) is 39.5 Å². The molecule has 0 bridgehead atoms. The van der Waals surface area contributed by atoms with Crippen molar-refractivity contribution in [2.45, 2.75) is 57.2 Å². The lowest BCUT2D eigenvalue weighted by Gasteiger charge is -2.37. The zero-order valence-corrected chi connectivity index (χ0v) is 11.8. The Morgan fingerprint density at radius 1 is 1.29 bits per heavy atom. The van der Waals surface area contributed by atoms with E-state index in [-0.39, 0.29) is 5.60 Å². The number of hydrogen-bond donors (Lipinski definition) is 1. The van der Waals surface area contributed by atoms with Crippen molar-refractivity contribution in [1.29, 1.82) is 0 Å². The molecule has 0 aromatic heterocycles. The SMILES string of the molecule is CNC(CN(CC1CC1)C1CC1)C(C)(C)OC. The predicted octanol–water partition coefficient (Wildman–Crippen LogP) is 1.87. The third-order valence-electron chi connectivity index (χ3n) is 4.38. The number of ether oxygens (including phenoxy) is 1. The first-order valence-corrected chi connectivity index (χ1v) is 7.03. The number of nitrogens with zero attached hydrogens (tertiary/aromatic N) is 1. The summed E-state index contributed by atoms with van der Waals surface area (Å²) in [6.07, 6.45) is 5.69. The van der Waals surface area contributed by atoms with Gasteiger partial charge in [-0.25, -0.2) is 0 Å². The van der Waals surface area contributed by atoms with E-state index in [0.717, 1.165) is 18.5 Å². The molecule has 0 aliphatic heterocycles. The van der Waals surface area contributed by atoms with Crippen molar-refractivity contribution >= 4 is 0 Å². The van der Waals surface area contributed by atoms with Crippen LogP contribution >= 0.6 is 0 Å². The van der Waals surface area contributed by atoms with Gasteiger partial charge >= 0.3 is 0 Å². The second-order valence-electron chi connectivity index (χ2n) is 6.28. The van der Waals surface area contributed by atoms with Crippen LogP contribution in [0.15, 0.2) is 0 Å². The lowest BCUT2D eigenvalue weighted by Crippen LogP contribution is -2.53. The van der Waals surface area contributed by atoms with Gasteiger partial charge in [0.25, 0.3) is 0 Å². The van der Waals surface area contributed by atoms with Crippen molar-refractivity contribution < 1.29 is 4.74 Å². The lowest BCUT2D eigenvalue weighted by molar-refractivity contribution is -0.0189. The number of nitrogens with one attached hydrogen (secondary N) is 1. The molecule has 2 aliphatic rings. The Kier molecular flexibility index (Phi) is 4.11. The molecule has 0 radical (unpaired) electrons. The van der Waals surface area contributed by atoms with Gasteiger partial charge in [-0.3, -0.25) is 4.90 Å². The smallest absolute Gasteiger partial charge is 0.0787 e. The van der Waals surface area contributed by atoms with Crippen LogP contribution < -0.4 is 5.32 Å². The van der Waals surface area contributed by atoms with Gasteiger partial charge in [0.05, 0.1) is 5.60 Å². The molecule has 0 spiro atoms. The Hall–Kier alpha value is -0.120. The van der Waals surface area contributed by atoms with Crippen molar-refractivity contribution in [2.24, 2.45) is 5.92 Å². The van der Waals surface area contributed by atoms with Gasteiger partial charge in [-0.15, -0.1) is 0 Å². The number of methoxy groups -OCH3 is 1. The Morgan fingerprint density at radius 3 is 2.35 bits per heavy atom. The fourth-order valence-corrected chi connectivity index (χ4v) is 2.48. The molecular formula is C14H28N2O. The normalized spacial score (nSPS) is 23.1. The zero-order chi connectivity index (χ0) is 12.5. The average Bonchev–Trinajstić information content (AvgIpc) is 3.15.